The predicted octanol–water partition coefficient (Wildman–Crippen LogP) is 4.63. The summed E-state index contributed by atoms with van der Waals surface area (Å²) in [5.74, 6) is 0.0854. The number of phenols is 1. The van der Waals surface area contributed by atoms with Crippen molar-refractivity contribution in [3.05, 3.63) is 94.3 Å². The molecule has 1 atom stereocenters. The van der Waals surface area contributed by atoms with E-state index in [9.17, 15) is 15.0 Å². The summed E-state index contributed by atoms with van der Waals surface area (Å²) in [6.07, 6.45) is 0.313. The van der Waals surface area contributed by atoms with Gasteiger partial charge in [-0.05, 0) is 30.3 Å². The topological polar surface area (TPSA) is 86.9 Å². The maximum absolute atomic E-state index is 13.3. The van der Waals surface area contributed by atoms with Gasteiger partial charge in [-0.3, -0.25) is 9.79 Å². The van der Waals surface area contributed by atoms with Gasteiger partial charge in [0.05, 0.1) is 28.6 Å². The highest BCUT2D eigenvalue weighted by molar-refractivity contribution is 6.09. The summed E-state index contributed by atoms with van der Waals surface area (Å²) in [6, 6.07) is 21.6. The lowest BCUT2D eigenvalue weighted by atomic mass is 9.96. The summed E-state index contributed by atoms with van der Waals surface area (Å²) in [6.45, 7) is 0. The Morgan fingerprint density at radius 1 is 0.968 bits per heavy atom. The summed E-state index contributed by atoms with van der Waals surface area (Å²) in [4.78, 5) is 18.1. The van der Waals surface area contributed by atoms with Crippen LogP contribution in [0.25, 0.3) is 10.9 Å². The smallest absolute Gasteiger partial charge is 0.263 e. The number of benzene rings is 3. The van der Waals surface area contributed by atoms with Gasteiger partial charge in [0.25, 0.3) is 5.56 Å². The highest BCUT2D eigenvalue weighted by Gasteiger charge is 2.27. The molecule has 1 aliphatic heterocycles. The molecule has 0 saturated carbocycles. The molecule has 0 fully saturated rings. The summed E-state index contributed by atoms with van der Waals surface area (Å²) in [5.41, 5.74) is 3.15. The van der Waals surface area contributed by atoms with E-state index in [0.717, 1.165) is 5.69 Å². The first kappa shape index (κ1) is 18.9. The average Bonchev–Trinajstić information content (AvgIpc) is 2.97. The van der Waals surface area contributed by atoms with Crippen LogP contribution in [0.2, 0.25) is 0 Å². The normalized spacial score (nSPS) is 15.6. The fourth-order valence-corrected chi connectivity index (χ4v) is 4.18. The second kappa shape index (κ2) is 7.32. The maximum atomic E-state index is 13.3. The van der Waals surface area contributed by atoms with E-state index < -0.39 is 0 Å². The van der Waals surface area contributed by atoms with Gasteiger partial charge in [-0.15, -0.1) is 0 Å². The molecule has 154 valence electrons. The molecule has 1 aromatic heterocycles. The van der Waals surface area contributed by atoms with Crippen molar-refractivity contribution in [3.8, 4) is 11.5 Å². The molecule has 2 heterocycles. The summed E-state index contributed by atoms with van der Waals surface area (Å²) in [7, 11) is 1.69. The van der Waals surface area contributed by atoms with Crippen molar-refractivity contribution in [1.82, 2.24) is 4.57 Å². The fourth-order valence-electron chi connectivity index (χ4n) is 4.18. The van der Waals surface area contributed by atoms with Crippen LogP contribution < -0.4 is 10.9 Å². The Kier molecular flexibility index (Phi) is 4.47. The maximum Gasteiger partial charge on any atom is 0.263 e. The first-order valence-electron chi connectivity index (χ1n) is 10.1. The van der Waals surface area contributed by atoms with Crippen molar-refractivity contribution in [3.63, 3.8) is 0 Å². The molecule has 3 N–H and O–H groups in total. The van der Waals surface area contributed by atoms with E-state index in [1.807, 2.05) is 48.5 Å². The van der Waals surface area contributed by atoms with E-state index in [0.29, 0.717) is 34.3 Å². The molecule has 0 aliphatic carbocycles. The number of pyridine rings is 1. The molecule has 0 unspecified atom stereocenters. The van der Waals surface area contributed by atoms with E-state index >= 15 is 0 Å². The van der Waals surface area contributed by atoms with Crippen LogP contribution in [0.5, 0.6) is 11.5 Å². The molecular weight excluding hydrogens is 390 g/mol. The number of phenolic OH excluding ortho intramolecular Hbond substituents is 1. The van der Waals surface area contributed by atoms with E-state index in [-0.39, 0.29) is 28.7 Å². The third-order valence-electron chi connectivity index (χ3n) is 5.76. The minimum absolute atomic E-state index is 0.0761. The van der Waals surface area contributed by atoms with E-state index in [2.05, 4.69) is 5.32 Å². The number of anilines is 1. The van der Waals surface area contributed by atoms with Gasteiger partial charge < -0.3 is 20.1 Å². The van der Waals surface area contributed by atoms with Gasteiger partial charge in [0.15, 0.2) is 0 Å². The number of nitrogens with zero attached hydrogens (tertiary/aromatic N) is 2. The fraction of sp³-hybridized carbons (Fsp3) is 0.120. The second-order valence-corrected chi connectivity index (χ2v) is 7.64. The highest BCUT2D eigenvalue weighted by Crippen LogP contribution is 2.39. The zero-order valence-electron chi connectivity index (χ0n) is 16.9. The Hall–Kier alpha value is -4.06. The number of para-hydroxylation sites is 4. The lowest BCUT2D eigenvalue weighted by molar-refractivity contribution is 0.464. The molecule has 6 heteroatoms. The molecule has 4 aromatic rings. The average molecular weight is 411 g/mol. The number of aromatic hydroxyl groups is 2. The van der Waals surface area contributed by atoms with Gasteiger partial charge in [0.1, 0.15) is 17.1 Å². The van der Waals surface area contributed by atoms with E-state index in [4.69, 9.17) is 4.99 Å². The molecule has 0 bridgehead atoms. The Morgan fingerprint density at radius 2 is 1.68 bits per heavy atom. The third-order valence-corrected chi connectivity index (χ3v) is 5.76. The van der Waals surface area contributed by atoms with Crippen molar-refractivity contribution < 1.29 is 10.2 Å². The van der Waals surface area contributed by atoms with Gasteiger partial charge in [-0.2, -0.15) is 0 Å². The molecular formula is C25H21N3O3. The number of aryl methyl sites for hydroxylation is 1. The molecule has 31 heavy (non-hydrogen) atoms. The summed E-state index contributed by atoms with van der Waals surface area (Å²) < 4.78 is 1.53. The lowest BCUT2D eigenvalue weighted by Gasteiger charge is -2.20. The molecule has 0 saturated heterocycles. The second-order valence-electron chi connectivity index (χ2n) is 7.64. The largest absolute Gasteiger partial charge is 0.508 e. The first-order chi connectivity index (χ1) is 15.0. The number of aromatic nitrogens is 1. The van der Waals surface area contributed by atoms with Crippen molar-refractivity contribution >= 4 is 28.0 Å². The van der Waals surface area contributed by atoms with Crippen LogP contribution in [0.4, 0.5) is 11.4 Å². The van der Waals surface area contributed by atoms with Crippen LogP contribution in [0.15, 0.2) is 82.6 Å². The van der Waals surface area contributed by atoms with Gasteiger partial charge >= 0.3 is 0 Å². The standard InChI is InChI=1S/C25H21N3O3/c1-28-21-12-6-2-9-16(21)24(30)23(25(28)31)20-14-19(15-8-3-7-13-22(15)29)26-17-10-4-5-11-18(17)27-20/h2-13,19,26,29-30H,14H2,1H3/t19-/m0/s1. The number of rotatable bonds is 2. The monoisotopic (exact) mass is 411 g/mol. The quantitative estimate of drug-likeness (QED) is 0.449. The molecule has 5 rings (SSSR count). The van der Waals surface area contributed by atoms with Crippen LogP contribution in [0.3, 0.4) is 0 Å². The number of hydrogen-bond acceptors (Lipinski definition) is 5. The minimum atomic E-state index is -0.334. The van der Waals surface area contributed by atoms with Crippen molar-refractivity contribution in [1.29, 1.82) is 0 Å². The Labute approximate surface area is 178 Å². The minimum Gasteiger partial charge on any atom is -0.508 e. The van der Waals surface area contributed by atoms with Crippen molar-refractivity contribution in [2.75, 3.05) is 5.32 Å². The molecule has 3 aromatic carbocycles. The highest BCUT2D eigenvalue weighted by atomic mass is 16.3. The van der Waals surface area contributed by atoms with Crippen LogP contribution in [-0.4, -0.2) is 20.5 Å². The summed E-state index contributed by atoms with van der Waals surface area (Å²) >= 11 is 0. The molecule has 0 amide bonds. The zero-order valence-corrected chi connectivity index (χ0v) is 16.9. The Bertz CT molecular complexity index is 1410. The van der Waals surface area contributed by atoms with E-state index in [1.54, 1.807) is 31.3 Å². The van der Waals surface area contributed by atoms with Crippen LogP contribution in [0.1, 0.15) is 23.6 Å². The number of nitrogens with one attached hydrogen (secondary N) is 1. The SMILES string of the molecule is Cn1c(=O)c(C2=Nc3ccccc3N[C@H](c3ccccc3O)C2)c(O)c2ccccc21. The number of fused-ring (bicyclic) bond motifs is 2. The Morgan fingerprint density at radius 3 is 2.52 bits per heavy atom. The number of hydrogen-bond donors (Lipinski definition) is 3. The molecule has 6 nitrogen and oxygen atoms in total. The van der Waals surface area contributed by atoms with Crippen LogP contribution in [0, 0.1) is 0 Å². The zero-order chi connectivity index (χ0) is 21.5. The van der Waals surface area contributed by atoms with Gasteiger partial charge in [-0.1, -0.05) is 42.5 Å². The molecule has 0 radical (unpaired) electrons. The molecule has 0 spiro atoms. The van der Waals surface area contributed by atoms with Crippen LogP contribution >= 0.6 is 0 Å². The third kappa shape index (κ3) is 3.13. The first-order valence-corrected chi connectivity index (χ1v) is 10.1. The number of aliphatic imine (C=N–C) groups is 1. The van der Waals surface area contributed by atoms with Crippen molar-refractivity contribution in [2.24, 2.45) is 12.0 Å². The predicted molar refractivity (Wildman–Crippen MR) is 123 cm³/mol. The van der Waals surface area contributed by atoms with Gasteiger partial charge in [0, 0.05) is 24.4 Å². The van der Waals surface area contributed by atoms with Crippen LogP contribution in [-0.2, 0) is 7.05 Å². The molecule has 1 aliphatic rings. The van der Waals surface area contributed by atoms with Gasteiger partial charge in [0.2, 0.25) is 0 Å². The lowest BCUT2D eigenvalue weighted by Crippen LogP contribution is -2.26. The Balaban J connectivity index is 1.76. The summed E-state index contributed by atoms with van der Waals surface area (Å²) in [5, 5.41) is 25.6. The van der Waals surface area contributed by atoms with Crippen molar-refractivity contribution in [2.45, 2.75) is 12.5 Å². The van der Waals surface area contributed by atoms with Gasteiger partial charge in [-0.25, -0.2) is 0 Å². The van der Waals surface area contributed by atoms with E-state index in [1.165, 1.54) is 4.57 Å².